The van der Waals surface area contributed by atoms with Crippen molar-refractivity contribution in [1.82, 2.24) is 4.31 Å². The van der Waals surface area contributed by atoms with E-state index >= 15 is 0 Å². The monoisotopic (exact) mass is 209 g/mol. The summed E-state index contributed by atoms with van der Waals surface area (Å²) in [5.41, 5.74) is 0. The smallest absolute Gasteiger partial charge is 0.214 e. The van der Waals surface area contributed by atoms with Gasteiger partial charge in [-0.15, -0.1) is 0 Å². The molecule has 0 amide bonds. The lowest BCUT2D eigenvalue weighted by Crippen LogP contribution is -2.41. The largest absolute Gasteiger partial charge is 0.395 e. The zero-order valence-corrected chi connectivity index (χ0v) is 8.37. The van der Waals surface area contributed by atoms with Crippen LogP contribution in [0.1, 0.15) is 6.92 Å². The molecule has 1 atom stereocenters. The molecule has 2 N–H and O–H groups in total. The lowest BCUT2D eigenvalue weighted by Gasteiger charge is -2.22. The number of hydrogen-bond donors (Lipinski definition) is 2. The molecule has 1 fully saturated rings. The lowest BCUT2D eigenvalue weighted by molar-refractivity contribution is 0.124. The van der Waals surface area contributed by atoms with Crippen LogP contribution in [-0.4, -0.2) is 54.5 Å². The second-order valence-corrected chi connectivity index (χ2v) is 5.44. The van der Waals surface area contributed by atoms with E-state index in [9.17, 15) is 8.42 Å². The van der Waals surface area contributed by atoms with E-state index in [0.29, 0.717) is 6.54 Å². The fourth-order valence-electron chi connectivity index (χ4n) is 1.54. The van der Waals surface area contributed by atoms with E-state index in [0.717, 1.165) is 0 Å². The van der Waals surface area contributed by atoms with Gasteiger partial charge in [0.05, 0.1) is 25.0 Å². The van der Waals surface area contributed by atoms with Crippen LogP contribution in [0.4, 0.5) is 0 Å². The van der Waals surface area contributed by atoms with Crippen molar-refractivity contribution in [3.05, 3.63) is 0 Å². The first-order valence-electron chi connectivity index (χ1n) is 4.22. The molecular weight excluding hydrogens is 194 g/mol. The van der Waals surface area contributed by atoms with Crippen LogP contribution in [0.15, 0.2) is 0 Å². The van der Waals surface area contributed by atoms with Gasteiger partial charge >= 0.3 is 0 Å². The van der Waals surface area contributed by atoms with Crippen molar-refractivity contribution >= 4 is 10.0 Å². The molecule has 1 aliphatic rings. The quantitative estimate of drug-likeness (QED) is 0.600. The van der Waals surface area contributed by atoms with Crippen molar-refractivity contribution in [3.63, 3.8) is 0 Å². The van der Waals surface area contributed by atoms with Gasteiger partial charge in [0, 0.05) is 6.54 Å². The second kappa shape index (κ2) is 3.91. The van der Waals surface area contributed by atoms with Crippen LogP contribution >= 0.6 is 0 Å². The molecule has 1 unspecified atom stereocenters. The Balaban J connectivity index is 2.80. The zero-order chi connectivity index (χ0) is 10.1. The number of rotatable bonds is 3. The first-order chi connectivity index (χ1) is 6.01. The van der Waals surface area contributed by atoms with Crippen LogP contribution in [0.5, 0.6) is 0 Å². The molecule has 1 saturated heterocycles. The first-order valence-corrected chi connectivity index (χ1v) is 5.83. The molecule has 1 aliphatic heterocycles. The van der Waals surface area contributed by atoms with Crippen molar-refractivity contribution < 1.29 is 18.6 Å². The Morgan fingerprint density at radius 3 is 2.31 bits per heavy atom. The molecule has 1 rings (SSSR count). The summed E-state index contributed by atoms with van der Waals surface area (Å²) in [7, 11) is -3.25. The SMILES string of the molecule is CC1CN(C(CO)CO)S(=O)(=O)C1. The van der Waals surface area contributed by atoms with E-state index < -0.39 is 16.1 Å². The molecule has 0 radical (unpaired) electrons. The fourth-order valence-corrected chi connectivity index (χ4v) is 3.63. The van der Waals surface area contributed by atoms with Crippen molar-refractivity contribution in [3.8, 4) is 0 Å². The van der Waals surface area contributed by atoms with Gasteiger partial charge in [-0.3, -0.25) is 0 Å². The van der Waals surface area contributed by atoms with Crippen LogP contribution in [0.3, 0.4) is 0 Å². The molecule has 1 heterocycles. The average molecular weight is 209 g/mol. The maximum Gasteiger partial charge on any atom is 0.214 e. The first kappa shape index (κ1) is 10.9. The predicted molar refractivity (Wildman–Crippen MR) is 47.6 cm³/mol. The van der Waals surface area contributed by atoms with Gasteiger partial charge in [-0.1, -0.05) is 6.92 Å². The molecule has 5 nitrogen and oxygen atoms in total. The number of aliphatic hydroxyl groups is 2. The minimum absolute atomic E-state index is 0.0746. The Labute approximate surface area is 78.0 Å². The maximum atomic E-state index is 11.4. The number of hydrogen-bond acceptors (Lipinski definition) is 4. The third-order valence-corrected chi connectivity index (χ3v) is 4.32. The number of sulfonamides is 1. The molecule has 0 aromatic rings. The highest BCUT2D eigenvalue weighted by Crippen LogP contribution is 2.21. The van der Waals surface area contributed by atoms with Gasteiger partial charge in [0.2, 0.25) is 10.0 Å². The van der Waals surface area contributed by atoms with E-state index in [2.05, 4.69) is 0 Å². The highest BCUT2D eigenvalue weighted by molar-refractivity contribution is 7.89. The summed E-state index contributed by atoms with van der Waals surface area (Å²) in [5.74, 6) is 0.189. The average Bonchev–Trinajstić information content (AvgIpc) is 2.28. The Morgan fingerprint density at radius 2 is 2.00 bits per heavy atom. The summed E-state index contributed by atoms with van der Waals surface area (Å²) >= 11 is 0. The Hall–Kier alpha value is -0.170. The molecule has 78 valence electrons. The zero-order valence-electron chi connectivity index (χ0n) is 7.55. The molecule has 0 aliphatic carbocycles. The van der Waals surface area contributed by atoms with Gasteiger partial charge in [-0.25, -0.2) is 8.42 Å². The molecule has 0 spiro atoms. The summed E-state index contributed by atoms with van der Waals surface area (Å²) < 4.78 is 24.1. The van der Waals surface area contributed by atoms with E-state index in [1.807, 2.05) is 6.92 Å². The van der Waals surface area contributed by atoms with Gasteiger partial charge in [0.1, 0.15) is 0 Å². The van der Waals surface area contributed by atoms with Crippen LogP contribution in [0.2, 0.25) is 0 Å². The number of nitrogens with zero attached hydrogens (tertiary/aromatic N) is 1. The molecule has 0 aromatic heterocycles. The highest BCUT2D eigenvalue weighted by atomic mass is 32.2. The summed E-state index contributed by atoms with van der Waals surface area (Å²) in [6.45, 7) is 1.57. The predicted octanol–water partition coefficient (Wildman–Crippen LogP) is -1.38. The molecule has 6 heteroatoms. The summed E-state index contributed by atoms with van der Waals surface area (Å²) in [6, 6.07) is -0.671. The summed E-state index contributed by atoms with van der Waals surface area (Å²) in [4.78, 5) is 0. The molecule has 0 bridgehead atoms. The topological polar surface area (TPSA) is 77.8 Å². The normalized spacial score (nSPS) is 28.5. The van der Waals surface area contributed by atoms with E-state index in [-0.39, 0.29) is 24.9 Å². The minimum Gasteiger partial charge on any atom is -0.395 e. The van der Waals surface area contributed by atoms with E-state index in [1.54, 1.807) is 0 Å². The Bertz CT molecular complexity index is 260. The van der Waals surface area contributed by atoms with Gasteiger partial charge < -0.3 is 10.2 Å². The van der Waals surface area contributed by atoms with Crippen molar-refractivity contribution in [2.45, 2.75) is 13.0 Å². The van der Waals surface area contributed by atoms with Gasteiger partial charge in [-0.2, -0.15) is 4.31 Å². The number of aliphatic hydroxyl groups excluding tert-OH is 2. The standard InChI is InChI=1S/C7H15NO4S/c1-6-2-8(7(3-9)4-10)13(11,12)5-6/h6-7,9-10H,2-5H2,1H3. The molecule has 0 saturated carbocycles. The van der Waals surface area contributed by atoms with Gasteiger partial charge in [0.15, 0.2) is 0 Å². The highest BCUT2D eigenvalue weighted by Gasteiger charge is 2.37. The van der Waals surface area contributed by atoms with Gasteiger partial charge in [0.25, 0.3) is 0 Å². The van der Waals surface area contributed by atoms with E-state index in [1.165, 1.54) is 4.31 Å². The van der Waals surface area contributed by atoms with Gasteiger partial charge in [-0.05, 0) is 5.92 Å². The molecule has 0 aromatic carbocycles. The lowest BCUT2D eigenvalue weighted by atomic mass is 10.2. The molecule has 13 heavy (non-hydrogen) atoms. The van der Waals surface area contributed by atoms with Crippen molar-refractivity contribution in [2.24, 2.45) is 5.92 Å². The van der Waals surface area contributed by atoms with Crippen molar-refractivity contribution in [2.75, 3.05) is 25.5 Å². The summed E-state index contributed by atoms with van der Waals surface area (Å²) in [5, 5.41) is 17.7. The van der Waals surface area contributed by atoms with Crippen LogP contribution in [0, 0.1) is 5.92 Å². The maximum absolute atomic E-state index is 11.4. The van der Waals surface area contributed by atoms with Crippen LogP contribution in [0.25, 0.3) is 0 Å². The third-order valence-electron chi connectivity index (χ3n) is 2.17. The summed E-state index contributed by atoms with van der Waals surface area (Å²) in [6.07, 6.45) is 0. The third kappa shape index (κ3) is 2.19. The second-order valence-electron chi connectivity index (χ2n) is 3.47. The Morgan fingerprint density at radius 1 is 1.46 bits per heavy atom. The van der Waals surface area contributed by atoms with E-state index in [4.69, 9.17) is 10.2 Å². The van der Waals surface area contributed by atoms with Crippen LogP contribution < -0.4 is 0 Å². The van der Waals surface area contributed by atoms with Crippen molar-refractivity contribution in [1.29, 1.82) is 0 Å². The van der Waals surface area contributed by atoms with Crippen LogP contribution in [-0.2, 0) is 10.0 Å². The molecular formula is C7H15NO4S. The Kier molecular flexibility index (Phi) is 3.28. The minimum atomic E-state index is -3.25. The fraction of sp³-hybridized carbons (Fsp3) is 1.00.